The smallest absolute Gasteiger partial charge is 0.346 e. The summed E-state index contributed by atoms with van der Waals surface area (Å²) in [6.45, 7) is 2.14. The van der Waals surface area contributed by atoms with Crippen molar-refractivity contribution in [3.63, 3.8) is 0 Å². The van der Waals surface area contributed by atoms with E-state index in [9.17, 15) is 9.18 Å². The Balaban J connectivity index is 1.64. The summed E-state index contributed by atoms with van der Waals surface area (Å²) in [6, 6.07) is 14.6. The number of rotatable bonds is 4. The first-order chi connectivity index (χ1) is 14.5. The van der Waals surface area contributed by atoms with E-state index >= 15 is 4.39 Å². The van der Waals surface area contributed by atoms with E-state index in [0.29, 0.717) is 18.4 Å². The van der Waals surface area contributed by atoms with Gasteiger partial charge in [0, 0.05) is 6.07 Å². The maximum atomic E-state index is 15.2. The lowest BCUT2D eigenvalue weighted by molar-refractivity contribution is 0.0729. The highest BCUT2D eigenvalue weighted by Gasteiger charge is 2.24. The van der Waals surface area contributed by atoms with Crippen molar-refractivity contribution >= 4 is 5.97 Å². The zero-order valence-corrected chi connectivity index (χ0v) is 16.5. The van der Waals surface area contributed by atoms with Gasteiger partial charge in [0.05, 0.1) is 11.1 Å². The Labute approximate surface area is 173 Å². The van der Waals surface area contributed by atoms with E-state index in [1.807, 2.05) is 6.07 Å². The minimum Gasteiger partial charge on any atom is -0.423 e. The van der Waals surface area contributed by atoms with Crippen molar-refractivity contribution in [3.05, 3.63) is 88.0 Å². The van der Waals surface area contributed by atoms with E-state index in [1.54, 1.807) is 12.1 Å². The van der Waals surface area contributed by atoms with Gasteiger partial charge in [-0.2, -0.15) is 5.26 Å². The second-order valence-corrected chi connectivity index (χ2v) is 7.34. The van der Waals surface area contributed by atoms with Crippen molar-refractivity contribution in [2.45, 2.75) is 32.6 Å². The van der Waals surface area contributed by atoms with Crippen LogP contribution in [0.2, 0.25) is 0 Å². The van der Waals surface area contributed by atoms with Crippen LogP contribution < -0.4 is 4.74 Å². The predicted octanol–water partition coefficient (Wildman–Crippen LogP) is 5.77. The van der Waals surface area contributed by atoms with Crippen LogP contribution in [0.1, 0.15) is 46.0 Å². The first-order valence-electron chi connectivity index (χ1n) is 9.87. The van der Waals surface area contributed by atoms with Crippen molar-refractivity contribution in [3.8, 4) is 22.9 Å². The highest BCUT2D eigenvalue weighted by Crippen LogP contribution is 2.36. The molecule has 5 heteroatoms. The van der Waals surface area contributed by atoms with Crippen LogP contribution in [0.3, 0.4) is 0 Å². The van der Waals surface area contributed by atoms with Crippen molar-refractivity contribution in [2.75, 3.05) is 0 Å². The zero-order valence-electron chi connectivity index (χ0n) is 16.5. The van der Waals surface area contributed by atoms with Gasteiger partial charge >= 0.3 is 5.97 Å². The molecule has 0 unspecified atom stereocenters. The quantitative estimate of drug-likeness (QED) is 0.410. The SMILES string of the molecule is CCCc1ccc2c(c1)CCc1c-2ccc(C(=O)Oc2ccc(C#N)c(F)c2)c1F. The average Bonchev–Trinajstić information content (AvgIpc) is 2.74. The van der Waals surface area contributed by atoms with Crippen molar-refractivity contribution in [1.29, 1.82) is 5.26 Å². The second-order valence-electron chi connectivity index (χ2n) is 7.34. The summed E-state index contributed by atoms with van der Waals surface area (Å²) in [7, 11) is 0. The Bertz CT molecular complexity index is 1190. The number of hydrogen-bond acceptors (Lipinski definition) is 3. The maximum Gasteiger partial charge on any atom is 0.346 e. The number of aryl methyl sites for hydroxylation is 2. The van der Waals surface area contributed by atoms with Crippen LogP contribution in [0.25, 0.3) is 11.1 Å². The molecular formula is C25H19F2NO2. The molecule has 0 heterocycles. The molecule has 30 heavy (non-hydrogen) atoms. The standard InChI is InChI=1S/C25H19F2NO2/c1-2-3-15-4-8-19-16(12-15)6-9-21-20(19)10-11-22(24(21)27)25(29)30-18-7-5-17(14-28)23(26)13-18/h4-5,7-8,10-13H,2-3,6,9H2,1H3. The van der Waals surface area contributed by atoms with Gasteiger partial charge < -0.3 is 4.74 Å². The molecule has 3 aromatic carbocycles. The number of carbonyl (C=O) groups excluding carboxylic acids is 1. The molecule has 0 amide bonds. The van der Waals surface area contributed by atoms with E-state index in [1.165, 1.54) is 29.3 Å². The number of nitriles is 1. The van der Waals surface area contributed by atoms with E-state index in [0.717, 1.165) is 30.0 Å². The molecule has 1 aliphatic rings. The summed E-state index contributed by atoms with van der Waals surface area (Å²) in [6.07, 6.45) is 3.28. The number of fused-ring (bicyclic) bond motifs is 3. The molecule has 1 aliphatic carbocycles. The fraction of sp³-hybridized carbons (Fsp3) is 0.200. The van der Waals surface area contributed by atoms with Gasteiger partial charge in [-0.1, -0.05) is 37.6 Å². The van der Waals surface area contributed by atoms with Crippen LogP contribution in [-0.4, -0.2) is 5.97 Å². The molecule has 3 aromatic rings. The van der Waals surface area contributed by atoms with E-state index < -0.39 is 17.6 Å². The first kappa shape index (κ1) is 19.8. The zero-order chi connectivity index (χ0) is 21.3. The molecule has 0 fully saturated rings. The molecule has 0 aliphatic heterocycles. The third kappa shape index (κ3) is 3.57. The first-order valence-corrected chi connectivity index (χ1v) is 9.87. The van der Waals surface area contributed by atoms with Gasteiger partial charge in [0.2, 0.25) is 0 Å². The monoisotopic (exact) mass is 403 g/mol. The normalized spacial score (nSPS) is 11.9. The third-order valence-electron chi connectivity index (χ3n) is 5.38. The number of esters is 1. The molecule has 0 N–H and O–H groups in total. The second kappa shape index (κ2) is 8.08. The minimum atomic E-state index is -0.900. The summed E-state index contributed by atoms with van der Waals surface area (Å²) >= 11 is 0. The van der Waals surface area contributed by atoms with Gasteiger partial charge in [-0.05, 0) is 65.3 Å². The average molecular weight is 403 g/mol. The van der Waals surface area contributed by atoms with Gasteiger partial charge in [-0.25, -0.2) is 13.6 Å². The Morgan fingerprint density at radius 3 is 2.60 bits per heavy atom. The lowest BCUT2D eigenvalue weighted by Gasteiger charge is -2.22. The number of carbonyl (C=O) groups is 1. The molecule has 4 rings (SSSR count). The van der Waals surface area contributed by atoms with E-state index in [-0.39, 0.29) is 16.9 Å². The minimum absolute atomic E-state index is 0.0811. The Morgan fingerprint density at radius 2 is 1.87 bits per heavy atom. The number of nitrogens with zero attached hydrogens (tertiary/aromatic N) is 1. The molecule has 3 nitrogen and oxygen atoms in total. The topological polar surface area (TPSA) is 50.1 Å². The molecule has 0 spiro atoms. The van der Waals surface area contributed by atoms with Crippen LogP contribution in [0.4, 0.5) is 8.78 Å². The molecule has 0 saturated heterocycles. The molecular weight excluding hydrogens is 384 g/mol. The van der Waals surface area contributed by atoms with Gasteiger partial charge in [0.25, 0.3) is 0 Å². The summed E-state index contributed by atoms with van der Waals surface area (Å²) in [4.78, 5) is 12.5. The number of benzene rings is 3. The van der Waals surface area contributed by atoms with Crippen molar-refractivity contribution in [1.82, 2.24) is 0 Å². The molecule has 0 atom stereocenters. The largest absolute Gasteiger partial charge is 0.423 e. The highest BCUT2D eigenvalue weighted by molar-refractivity contribution is 5.93. The fourth-order valence-corrected chi connectivity index (χ4v) is 3.91. The predicted molar refractivity (Wildman–Crippen MR) is 109 cm³/mol. The van der Waals surface area contributed by atoms with Gasteiger partial charge in [0.1, 0.15) is 23.5 Å². The van der Waals surface area contributed by atoms with Crippen molar-refractivity contribution in [2.24, 2.45) is 0 Å². The number of halogens is 2. The Morgan fingerprint density at radius 1 is 1.07 bits per heavy atom. The van der Waals surface area contributed by atoms with Gasteiger partial charge in [-0.15, -0.1) is 0 Å². The lowest BCUT2D eigenvalue weighted by Crippen LogP contribution is -2.15. The number of hydrogen-bond donors (Lipinski definition) is 0. The Kier molecular flexibility index (Phi) is 5.33. The molecule has 0 bridgehead atoms. The van der Waals surface area contributed by atoms with Crippen LogP contribution >= 0.6 is 0 Å². The van der Waals surface area contributed by atoms with E-state index in [4.69, 9.17) is 10.00 Å². The molecule has 150 valence electrons. The molecule has 0 saturated carbocycles. The summed E-state index contributed by atoms with van der Waals surface area (Å²) in [5, 5.41) is 8.78. The van der Waals surface area contributed by atoms with Crippen LogP contribution in [0, 0.1) is 23.0 Å². The Hall–Kier alpha value is -3.52. The van der Waals surface area contributed by atoms with Crippen LogP contribution in [0.5, 0.6) is 5.75 Å². The lowest BCUT2D eigenvalue weighted by atomic mass is 9.83. The molecule has 0 aromatic heterocycles. The van der Waals surface area contributed by atoms with Gasteiger partial charge in [-0.3, -0.25) is 0 Å². The molecule has 0 radical (unpaired) electrons. The van der Waals surface area contributed by atoms with E-state index in [2.05, 4.69) is 19.1 Å². The van der Waals surface area contributed by atoms with Crippen LogP contribution in [0.15, 0.2) is 48.5 Å². The summed E-state index contributed by atoms with van der Waals surface area (Å²) in [5.41, 5.74) is 4.39. The van der Waals surface area contributed by atoms with Gasteiger partial charge in [0.15, 0.2) is 0 Å². The summed E-state index contributed by atoms with van der Waals surface area (Å²) in [5.74, 6) is -2.38. The third-order valence-corrected chi connectivity index (χ3v) is 5.38. The maximum absolute atomic E-state index is 15.2. The fourth-order valence-electron chi connectivity index (χ4n) is 3.91. The van der Waals surface area contributed by atoms with Crippen LogP contribution in [-0.2, 0) is 19.3 Å². The highest BCUT2D eigenvalue weighted by atomic mass is 19.1. The number of ether oxygens (including phenoxy) is 1. The van der Waals surface area contributed by atoms with Crippen molar-refractivity contribution < 1.29 is 18.3 Å². The summed E-state index contributed by atoms with van der Waals surface area (Å²) < 4.78 is 34.1.